The second kappa shape index (κ2) is 8.48. The van der Waals surface area contributed by atoms with Gasteiger partial charge in [-0.2, -0.15) is 0 Å². The number of rotatable bonds is 6. The molecule has 0 bridgehead atoms. The Labute approximate surface area is 167 Å². The molecule has 27 heavy (non-hydrogen) atoms. The Hall–Kier alpha value is -1.79. The summed E-state index contributed by atoms with van der Waals surface area (Å²) < 4.78 is 5.25. The maximum absolute atomic E-state index is 12.5. The van der Waals surface area contributed by atoms with Crippen LogP contribution in [-0.2, 0) is 27.2 Å². The zero-order valence-electron chi connectivity index (χ0n) is 15.2. The van der Waals surface area contributed by atoms with Crippen LogP contribution >= 0.6 is 23.1 Å². The number of benzene rings is 1. The quantitative estimate of drug-likeness (QED) is 0.537. The molecule has 1 aromatic heterocycles. The SMILES string of the molecule is O=C(CSc1ccc2c(c1)CCC2)OCC(=O)N1CCCC1c1cccs1. The summed E-state index contributed by atoms with van der Waals surface area (Å²) in [4.78, 5) is 28.7. The molecule has 1 aromatic carbocycles. The summed E-state index contributed by atoms with van der Waals surface area (Å²) in [7, 11) is 0. The fourth-order valence-electron chi connectivity index (χ4n) is 3.89. The molecular formula is C21H23NO3S2. The highest BCUT2D eigenvalue weighted by atomic mass is 32.2. The van der Waals surface area contributed by atoms with Crippen LogP contribution in [0.2, 0.25) is 0 Å². The highest BCUT2D eigenvalue weighted by Crippen LogP contribution is 2.34. The number of thiophene rings is 1. The number of hydrogen-bond acceptors (Lipinski definition) is 5. The summed E-state index contributed by atoms with van der Waals surface area (Å²) >= 11 is 3.15. The average Bonchev–Trinajstić information content (AvgIpc) is 3.43. The molecule has 0 N–H and O–H groups in total. The van der Waals surface area contributed by atoms with E-state index >= 15 is 0 Å². The molecule has 2 aliphatic rings. The molecule has 0 saturated carbocycles. The van der Waals surface area contributed by atoms with E-state index in [-0.39, 0.29) is 30.3 Å². The van der Waals surface area contributed by atoms with Crippen LogP contribution in [0.4, 0.5) is 0 Å². The topological polar surface area (TPSA) is 46.6 Å². The van der Waals surface area contributed by atoms with Crippen LogP contribution in [0, 0.1) is 0 Å². The smallest absolute Gasteiger partial charge is 0.316 e. The number of nitrogens with zero attached hydrogens (tertiary/aromatic N) is 1. The van der Waals surface area contributed by atoms with Crippen molar-refractivity contribution in [2.75, 3.05) is 18.9 Å². The van der Waals surface area contributed by atoms with E-state index in [0.717, 1.165) is 37.1 Å². The van der Waals surface area contributed by atoms with Gasteiger partial charge in [-0.25, -0.2) is 0 Å². The van der Waals surface area contributed by atoms with E-state index in [9.17, 15) is 9.59 Å². The first-order chi connectivity index (χ1) is 13.2. The van der Waals surface area contributed by atoms with Crippen molar-refractivity contribution in [2.24, 2.45) is 0 Å². The van der Waals surface area contributed by atoms with E-state index in [1.54, 1.807) is 11.3 Å². The molecule has 1 fully saturated rings. The lowest BCUT2D eigenvalue weighted by Crippen LogP contribution is -2.34. The molecule has 1 saturated heterocycles. The van der Waals surface area contributed by atoms with Crippen molar-refractivity contribution >= 4 is 35.0 Å². The summed E-state index contributed by atoms with van der Waals surface area (Å²) in [6.07, 6.45) is 5.48. The van der Waals surface area contributed by atoms with Gasteiger partial charge in [0.1, 0.15) is 0 Å². The van der Waals surface area contributed by atoms with Gasteiger partial charge in [-0.15, -0.1) is 23.1 Å². The Morgan fingerprint density at radius 2 is 2.07 bits per heavy atom. The van der Waals surface area contributed by atoms with Crippen molar-refractivity contribution < 1.29 is 14.3 Å². The number of ether oxygens (including phenoxy) is 1. The Bertz CT molecular complexity index is 819. The molecule has 0 radical (unpaired) electrons. The number of aryl methyl sites for hydroxylation is 2. The number of fused-ring (bicyclic) bond motifs is 1. The molecule has 1 aliphatic heterocycles. The molecule has 1 atom stereocenters. The van der Waals surface area contributed by atoms with E-state index in [4.69, 9.17) is 4.74 Å². The van der Waals surface area contributed by atoms with Crippen molar-refractivity contribution in [1.82, 2.24) is 4.90 Å². The standard InChI is InChI=1S/C21H23NO3S2/c23-20(22-10-2-6-18(22)19-7-3-11-26-19)13-25-21(24)14-27-17-9-8-15-4-1-5-16(15)12-17/h3,7-9,11-12,18H,1-2,4-6,10,13-14H2. The van der Waals surface area contributed by atoms with Crippen LogP contribution in [0.15, 0.2) is 40.6 Å². The Kier molecular flexibility index (Phi) is 5.83. The number of thioether (sulfide) groups is 1. The number of esters is 1. The van der Waals surface area contributed by atoms with Crippen LogP contribution in [0.3, 0.4) is 0 Å². The predicted octanol–water partition coefficient (Wildman–Crippen LogP) is 4.24. The highest BCUT2D eigenvalue weighted by Gasteiger charge is 2.30. The Morgan fingerprint density at radius 3 is 2.93 bits per heavy atom. The van der Waals surface area contributed by atoms with Crippen molar-refractivity contribution in [3.8, 4) is 0 Å². The number of hydrogen-bond donors (Lipinski definition) is 0. The van der Waals surface area contributed by atoms with Crippen LogP contribution in [0.1, 0.15) is 41.3 Å². The van der Waals surface area contributed by atoms with Crippen LogP contribution in [0.25, 0.3) is 0 Å². The van der Waals surface area contributed by atoms with Crippen LogP contribution in [-0.4, -0.2) is 35.7 Å². The molecule has 142 valence electrons. The van der Waals surface area contributed by atoms with E-state index in [1.165, 1.54) is 34.2 Å². The predicted molar refractivity (Wildman–Crippen MR) is 108 cm³/mol. The van der Waals surface area contributed by atoms with Gasteiger partial charge in [-0.3, -0.25) is 9.59 Å². The molecule has 6 heteroatoms. The minimum Gasteiger partial charge on any atom is -0.455 e. The van der Waals surface area contributed by atoms with E-state index in [2.05, 4.69) is 24.3 Å². The minimum absolute atomic E-state index is 0.0956. The molecule has 1 aliphatic carbocycles. The second-order valence-electron chi connectivity index (χ2n) is 6.99. The first kappa shape index (κ1) is 18.6. The van der Waals surface area contributed by atoms with Crippen molar-refractivity contribution in [1.29, 1.82) is 0 Å². The summed E-state index contributed by atoms with van der Waals surface area (Å²) in [5.74, 6) is -0.192. The normalized spacial score (nSPS) is 18.5. The summed E-state index contributed by atoms with van der Waals surface area (Å²) in [6, 6.07) is 10.6. The first-order valence-electron chi connectivity index (χ1n) is 9.44. The maximum atomic E-state index is 12.5. The lowest BCUT2D eigenvalue weighted by atomic mass is 10.1. The van der Waals surface area contributed by atoms with Gasteiger partial charge in [-0.05, 0) is 66.8 Å². The molecule has 1 unspecified atom stereocenters. The van der Waals surface area contributed by atoms with Gasteiger partial charge in [-0.1, -0.05) is 12.1 Å². The molecule has 2 heterocycles. The highest BCUT2D eigenvalue weighted by molar-refractivity contribution is 8.00. The minimum atomic E-state index is -0.333. The molecule has 4 nitrogen and oxygen atoms in total. The third-order valence-electron chi connectivity index (χ3n) is 5.23. The fourth-order valence-corrected chi connectivity index (χ4v) is 5.52. The largest absolute Gasteiger partial charge is 0.455 e. The van der Waals surface area contributed by atoms with Gasteiger partial charge < -0.3 is 9.64 Å². The lowest BCUT2D eigenvalue weighted by molar-refractivity contribution is -0.150. The van der Waals surface area contributed by atoms with Crippen molar-refractivity contribution in [3.63, 3.8) is 0 Å². The second-order valence-corrected chi connectivity index (χ2v) is 9.02. The van der Waals surface area contributed by atoms with Crippen LogP contribution < -0.4 is 0 Å². The van der Waals surface area contributed by atoms with Gasteiger partial charge in [0.15, 0.2) is 6.61 Å². The zero-order valence-corrected chi connectivity index (χ0v) is 16.8. The maximum Gasteiger partial charge on any atom is 0.316 e. The number of likely N-dealkylation sites (tertiary alicyclic amines) is 1. The van der Waals surface area contributed by atoms with Crippen molar-refractivity contribution in [2.45, 2.75) is 43.0 Å². The van der Waals surface area contributed by atoms with Gasteiger partial charge in [0, 0.05) is 16.3 Å². The lowest BCUT2D eigenvalue weighted by Gasteiger charge is -2.23. The molecule has 1 amide bonds. The molecule has 0 spiro atoms. The van der Waals surface area contributed by atoms with E-state index in [0.29, 0.717) is 0 Å². The number of amides is 1. The van der Waals surface area contributed by atoms with Gasteiger partial charge in [0.2, 0.25) is 0 Å². The van der Waals surface area contributed by atoms with Gasteiger partial charge >= 0.3 is 5.97 Å². The van der Waals surface area contributed by atoms with Crippen molar-refractivity contribution in [3.05, 3.63) is 51.7 Å². The van der Waals surface area contributed by atoms with Crippen LogP contribution in [0.5, 0.6) is 0 Å². The average molecular weight is 402 g/mol. The third-order valence-corrected chi connectivity index (χ3v) is 7.17. The molecule has 2 aromatic rings. The summed E-state index contributed by atoms with van der Waals surface area (Å²) in [5.41, 5.74) is 2.83. The third kappa shape index (κ3) is 4.38. The summed E-state index contributed by atoms with van der Waals surface area (Å²) in [5, 5.41) is 2.03. The zero-order chi connectivity index (χ0) is 18.6. The summed E-state index contributed by atoms with van der Waals surface area (Å²) in [6.45, 7) is 0.578. The Morgan fingerprint density at radius 1 is 1.19 bits per heavy atom. The number of carbonyl (C=O) groups is 2. The van der Waals surface area contributed by atoms with Gasteiger partial charge in [0.25, 0.3) is 5.91 Å². The molecular weight excluding hydrogens is 378 g/mol. The Balaban J connectivity index is 1.25. The first-order valence-corrected chi connectivity index (χ1v) is 11.3. The monoisotopic (exact) mass is 401 g/mol. The fraction of sp³-hybridized carbons (Fsp3) is 0.429. The van der Waals surface area contributed by atoms with Gasteiger partial charge in [0.05, 0.1) is 11.8 Å². The molecule has 4 rings (SSSR count). The van der Waals surface area contributed by atoms with E-state index < -0.39 is 0 Å². The number of carbonyl (C=O) groups excluding carboxylic acids is 2. The van der Waals surface area contributed by atoms with E-state index in [1.807, 2.05) is 16.3 Å².